The van der Waals surface area contributed by atoms with Crippen LogP contribution in [0.3, 0.4) is 0 Å². The van der Waals surface area contributed by atoms with Crippen molar-refractivity contribution in [3.8, 4) is 0 Å². The van der Waals surface area contributed by atoms with Gasteiger partial charge in [-0.05, 0) is 5.92 Å². The average Bonchev–Trinajstić information content (AvgIpc) is 3.50. The number of nitrogens with zero attached hydrogens (tertiary/aromatic N) is 5. The lowest BCUT2D eigenvalue weighted by Gasteiger charge is -2.53. The Morgan fingerprint density at radius 2 is 2.31 bits per heavy atom. The first-order valence-corrected chi connectivity index (χ1v) is 13.5. The highest BCUT2D eigenvalue weighted by molar-refractivity contribution is 8.00. The number of carboxylic acid groups (broad SMARTS) is 1. The molecule has 35 heavy (non-hydrogen) atoms. The van der Waals surface area contributed by atoms with Gasteiger partial charge < -0.3 is 25.9 Å². The number of aromatic nitrogens is 4. The molecule has 2 fully saturated rings. The third-order valence-electron chi connectivity index (χ3n) is 5.32. The highest BCUT2D eigenvalue weighted by Gasteiger charge is 2.57. The Kier molecular flexibility index (Phi) is 7.51. The molecule has 13 nitrogen and oxygen atoms in total. The highest BCUT2D eigenvalue weighted by atomic mass is 32.2. The van der Waals surface area contributed by atoms with Gasteiger partial charge in [-0.2, -0.15) is 10.3 Å². The number of nitrogens with two attached hydrogens (primary N) is 1. The number of thiazole rings is 1. The second-order valence-electron chi connectivity index (χ2n) is 8.50. The normalized spacial score (nSPS) is 24.1. The number of aromatic amines is 1. The van der Waals surface area contributed by atoms with Crippen LogP contribution >= 0.6 is 34.9 Å². The van der Waals surface area contributed by atoms with E-state index >= 15 is 0 Å². The molecule has 0 aliphatic carbocycles. The maximum absolute atomic E-state index is 13.0. The summed E-state index contributed by atoms with van der Waals surface area (Å²) >= 11 is 3.74. The van der Waals surface area contributed by atoms with Gasteiger partial charge in [0.2, 0.25) is 5.91 Å². The van der Waals surface area contributed by atoms with E-state index in [2.05, 4.69) is 30.9 Å². The Bertz CT molecular complexity index is 1120. The van der Waals surface area contributed by atoms with E-state index in [1.165, 1.54) is 34.6 Å². The van der Waals surface area contributed by atoms with Crippen molar-refractivity contribution in [2.45, 2.75) is 30.3 Å². The number of carbonyl (C=O) groups excluding carboxylic acids is 2. The van der Waals surface area contributed by atoms with Gasteiger partial charge in [0.25, 0.3) is 5.91 Å². The second-order valence-corrected chi connectivity index (χ2v) is 11.5. The van der Waals surface area contributed by atoms with E-state index in [-0.39, 0.29) is 51.8 Å². The number of nitrogen functional groups attached to an aromatic ring is 1. The minimum atomic E-state index is -1.15. The van der Waals surface area contributed by atoms with Crippen molar-refractivity contribution in [3.63, 3.8) is 0 Å². The van der Waals surface area contributed by atoms with Crippen LogP contribution in [-0.4, -0.2) is 90.0 Å². The molecule has 2 aromatic rings. The van der Waals surface area contributed by atoms with Crippen LogP contribution in [0.25, 0.3) is 0 Å². The maximum Gasteiger partial charge on any atom is 0.313 e. The standard InChI is InChI=1S/C19H24N8O5S3/c1-9(2)4-32-25-12(10-5-33-18(20)22-10)14(28)23-13-15(29)27-6-19(17(30)31,8-35-16(13)27)7-34-11-3-21-26-24-11/h3,5,9,13,16H,4,6-8H2,1-2H3,(H2,20,22)(H,23,28)(H,30,31)(H,21,24,26)/t13?,16-,19?/m1/s1. The molecule has 16 heteroatoms. The van der Waals surface area contributed by atoms with Crippen molar-refractivity contribution in [2.75, 3.05) is 30.4 Å². The number of hydrogen-bond acceptors (Lipinski definition) is 12. The lowest BCUT2D eigenvalue weighted by atomic mass is 9.89. The van der Waals surface area contributed by atoms with Crippen molar-refractivity contribution in [2.24, 2.45) is 16.5 Å². The van der Waals surface area contributed by atoms with E-state index in [1.807, 2.05) is 13.8 Å². The van der Waals surface area contributed by atoms with E-state index in [0.29, 0.717) is 11.6 Å². The van der Waals surface area contributed by atoms with Gasteiger partial charge in [-0.3, -0.25) is 14.4 Å². The Morgan fingerprint density at radius 1 is 1.51 bits per heavy atom. The lowest BCUT2D eigenvalue weighted by molar-refractivity contribution is -0.157. The molecule has 0 aromatic carbocycles. The third kappa shape index (κ3) is 5.38. The van der Waals surface area contributed by atoms with Gasteiger partial charge in [0.15, 0.2) is 10.8 Å². The molecule has 0 radical (unpaired) electrons. The molecule has 0 saturated carbocycles. The summed E-state index contributed by atoms with van der Waals surface area (Å²) in [4.78, 5) is 49.0. The number of nitrogens with one attached hydrogen (secondary N) is 2. The lowest BCUT2D eigenvalue weighted by Crippen LogP contribution is -2.74. The molecule has 2 aliphatic rings. The third-order valence-corrected chi connectivity index (χ3v) is 8.77. The fourth-order valence-corrected chi connectivity index (χ4v) is 6.63. The van der Waals surface area contributed by atoms with E-state index < -0.39 is 23.3 Å². The van der Waals surface area contributed by atoms with Gasteiger partial charge in [0.05, 0.1) is 6.20 Å². The van der Waals surface area contributed by atoms with Crippen LogP contribution in [-0.2, 0) is 19.2 Å². The van der Waals surface area contributed by atoms with Crippen LogP contribution in [0, 0.1) is 11.3 Å². The van der Waals surface area contributed by atoms with E-state index in [9.17, 15) is 19.5 Å². The van der Waals surface area contributed by atoms with Gasteiger partial charge in [-0.15, -0.1) is 40.0 Å². The topological polar surface area (TPSA) is 189 Å². The molecular formula is C19H24N8O5S3. The van der Waals surface area contributed by atoms with Crippen molar-refractivity contribution >= 4 is 63.5 Å². The predicted molar refractivity (Wildman–Crippen MR) is 131 cm³/mol. The number of H-pyrrole nitrogens is 1. The van der Waals surface area contributed by atoms with Gasteiger partial charge in [-0.1, -0.05) is 19.0 Å². The number of anilines is 1. The zero-order valence-electron chi connectivity index (χ0n) is 18.8. The molecule has 2 aliphatic heterocycles. The molecule has 0 bridgehead atoms. The SMILES string of the molecule is CC(C)CON=C(C(=O)NC1C(=O)N2CC(CSc3cn[nH]n3)(C(=O)O)CS[C@H]12)c1csc(N)n1. The monoisotopic (exact) mass is 540 g/mol. The second kappa shape index (κ2) is 10.4. The molecule has 0 spiro atoms. The molecule has 188 valence electrons. The summed E-state index contributed by atoms with van der Waals surface area (Å²) < 4.78 is 0. The first-order valence-electron chi connectivity index (χ1n) is 10.6. The van der Waals surface area contributed by atoms with E-state index in [1.54, 1.807) is 5.38 Å². The van der Waals surface area contributed by atoms with Gasteiger partial charge in [0, 0.05) is 23.4 Å². The molecular weight excluding hydrogens is 516 g/mol. The van der Waals surface area contributed by atoms with E-state index in [0.717, 1.165) is 11.3 Å². The number of aliphatic carboxylic acids is 1. The number of hydrogen-bond donors (Lipinski definition) is 4. The number of thioether (sulfide) groups is 2. The molecule has 2 unspecified atom stereocenters. The van der Waals surface area contributed by atoms with Crippen LogP contribution < -0.4 is 11.1 Å². The summed E-state index contributed by atoms with van der Waals surface area (Å²) in [6, 6.07) is -0.811. The highest BCUT2D eigenvalue weighted by Crippen LogP contribution is 2.44. The summed E-state index contributed by atoms with van der Waals surface area (Å²) in [6.07, 6.45) is 1.51. The van der Waals surface area contributed by atoms with Crippen LogP contribution in [0.1, 0.15) is 19.5 Å². The number of carboxylic acids is 1. The fraction of sp³-hybridized carbons (Fsp3) is 0.526. The molecule has 2 aromatic heterocycles. The van der Waals surface area contributed by atoms with E-state index in [4.69, 9.17) is 10.6 Å². The van der Waals surface area contributed by atoms with Crippen LogP contribution in [0.15, 0.2) is 21.8 Å². The van der Waals surface area contributed by atoms with Gasteiger partial charge in [-0.25, -0.2) is 4.98 Å². The quantitative estimate of drug-likeness (QED) is 0.142. The summed E-state index contributed by atoms with van der Waals surface area (Å²) in [6.45, 7) is 4.23. The fourth-order valence-electron chi connectivity index (χ4n) is 3.44. The van der Waals surface area contributed by atoms with Gasteiger partial charge >= 0.3 is 5.97 Å². The van der Waals surface area contributed by atoms with Crippen molar-refractivity contribution < 1.29 is 24.3 Å². The molecule has 4 heterocycles. The Hall–Kier alpha value is -2.85. The van der Waals surface area contributed by atoms with Crippen molar-refractivity contribution in [1.29, 1.82) is 0 Å². The first-order chi connectivity index (χ1) is 16.7. The Labute approximate surface area is 212 Å². The smallest absolute Gasteiger partial charge is 0.313 e. The number of carbonyl (C=O) groups is 3. The largest absolute Gasteiger partial charge is 0.481 e. The first kappa shape index (κ1) is 25.2. The number of fused-ring (bicyclic) bond motifs is 1. The minimum absolute atomic E-state index is 0.0388. The van der Waals surface area contributed by atoms with Gasteiger partial charge in [0.1, 0.15) is 34.2 Å². The van der Waals surface area contributed by atoms with Crippen molar-refractivity contribution in [1.82, 2.24) is 30.6 Å². The zero-order chi connectivity index (χ0) is 25.2. The predicted octanol–water partition coefficient (Wildman–Crippen LogP) is 0.483. The molecule has 5 N–H and O–H groups in total. The van der Waals surface area contributed by atoms with Crippen LogP contribution in [0.4, 0.5) is 5.13 Å². The number of rotatable bonds is 10. The average molecular weight is 541 g/mol. The van der Waals surface area contributed by atoms with Crippen molar-refractivity contribution in [3.05, 3.63) is 17.3 Å². The van der Waals surface area contributed by atoms with Crippen LogP contribution in [0.2, 0.25) is 0 Å². The Morgan fingerprint density at radius 3 is 2.94 bits per heavy atom. The number of β-lactam (4-membered cyclic amide) rings is 1. The summed E-state index contributed by atoms with van der Waals surface area (Å²) in [5.74, 6) is -1.26. The molecule has 2 amide bonds. The summed E-state index contributed by atoms with van der Waals surface area (Å²) in [5, 5.41) is 28.8. The maximum atomic E-state index is 13.0. The Balaban J connectivity index is 1.43. The number of amides is 2. The molecule has 2 saturated heterocycles. The summed E-state index contributed by atoms with van der Waals surface area (Å²) in [7, 11) is 0. The molecule has 3 atom stereocenters. The zero-order valence-corrected chi connectivity index (χ0v) is 21.3. The molecule has 4 rings (SSSR count). The minimum Gasteiger partial charge on any atom is -0.481 e. The summed E-state index contributed by atoms with van der Waals surface area (Å²) in [5.41, 5.74) is 4.73. The number of oxime groups is 1. The van der Waals surface area contributed by atoms with Crippen LogP contribution in [0.5, 0.6) is 0 Å².